The normalized spacial score (nSPS) is 15.4. The molecule has 1 aliphatic heterocycles. The number of hydrazone groups is 1. The number of anilines is 1. The van der Waals surface area contributed by atoms with Crippen molar-refractivity contribution in [2.24, 2.45) is 5.10 Å². The Kier molecular flexibility index (Phi) is 5.14. The van der Waals surface area contributed by atoms with Crippen molar-refractivity contribution in [1.29, 1.82) is 0 Å². The van der Waals surface area contributed by atoms with Gasteiger partial charge in [-0.2, -0.15) is 9.68 Å². The average Bonchev–Trinajstić information content (AvgIpc) is 2.73. The van der Waals surface area contributed by atoms with E-state index in [4.69, 9.17) is 0 Å². The van der Waals surface area contributed by atoms with Gasteiger partial charge >= 0.3 is 0 Å². The van der Waals surface area contributed by atoms with Crippen LogP contribution in [0.1, 0.15) is 25.0 Å². The lowest BCUT2D eigenvalue weighted by molar-refractivity contribution is -0.400. The lowest BCUT2D eigenvalue weighted by atomic mass is 9.82. The van der Waals surface area contributed by atoms with E-state index < -0.39 is 0 Å². The first kappa shape index (κ1) is 18.2. The Morgan fingerprint density at radius 1 is 1.04 bits per heavy atom. The van der Waals surface area contributed by atoms with Gasteiger partial charge in [0.1, 0.15) is 13.3 Å². The number of aryl methyl sites for hydroxylation is 1. The van der Waals surface area contributed by atoms with Crippen molar-refractivity contribution >= 4 is 23.3 Å². The third-order valence-electron chi connectivity index (χ3n) is 4.70. The highest BCUT2D eigenvalue weighted by Gasteiger charge is 2.43. The molecule has 0 aliphatic carbocycles. The molecule has 0 amide bonds. The predicted molar refractivity (Wildman–Crippen MR) is 98.4 cm³/mol. The van der Waals surface area contributed by atoms with Crippen molar-refractivity contribution in [2.75, 3.05) is 19.1 Å². The smallest absolute Gasteiger partial charge is 0.212 e. The first-order valence-corrected chi connectivity index (χ1v) is 7.96. The van der Waals surface area contributed by atoms with Gasteiger partial charge in [-0.25, -0.2) is 0 Å². The maximum absolute atomic E-state index is 4.66. The molecule has 2 aromatic rings. The topological polar surface area (TPSA) is 18.6 Å². The monoisotopic (exact) mass is 341 g/mol. The van der Waals surface area contributed by atoms with Gasteiger partial charge in [0.15, 0.2) is 0 Å². The highest BCUT2D eigenvalue weighted by molar-refractivity contribution is 6.33. The quantitative estimate of drug-likeness (QED) is 0.465. The van der Waals surface area contributed by atoms with Gasteiger partial charge in [0.2, 0.25) is 11.4 Å². The van der Waals surface area contributed by atoms with Gasteiger partial charge in [-0.1, -0.05) is 35.9 Å². The number of nitrogens with zero attached hydrogens (tertiary/aromatic N) is 3. The van der Waals surface area contributed by atoms with Gasteiger partial charge in [0.05, 0.1) is 11.1 Å². The van der Waals surface area contributed by atoms with E-state index >= 15 is 0 Å². The van der Waals surface area contributed by atoms with Crippen molar-refractivity contribution in [1.82, 2.24) is 0 Å². The van der Waals surface area contributed by atoms with E-state index in [2.05, 4.69) is 86.0 Å². The summed E-state index contributed by atoms with van der Waals surface area (Å²) in [6, 6.07) is 17.0. The number of hydrogen-bond donors (Lipinski definition) is 0. The molecule has 0 aromatic heterocycles. The van der Waals surface area contributed by atoms with Crippen molar-refractivity contribution in [3.8, 4) is 0 Å². The van der Waals surface area contributed by atoms with E-state index in [1.165, 1.54) is 22.5 Å². The summed E-state index contributed by atoms with van der Waals surface area (Å²) >= 11 is 0. The summed E-state index contributed by atoms with van der Waals surface area (Å²) in [5.41, 5.74) is 6.12. The van der Waals surface area contributed by atoms with Crippen LogP contribution in [0, 0.1) is 6.92 Å². The zero-order chi connectivity index (χ0) is 16.6. The molecule has 24 heavy (non-hydrogen) atoms. The molecular formula is C20H24ClN3. The zero-order valence-electron chi connectivity index (χ0n) is 14.9. The molecule has 1 aliphatic rings. The molecule has 0 spiro atoms. The maximum atomic E-state index is 4.66. The van der Waals surface area contributed by atoms with Gasteiger partial charge in [-0.05, 0) is 32.9 Å². The maximum Gasteiger partial charge on any atom is 0.212 e. The molecule has 0 saturated heterocycles. The van der Waals surface area contributed by atoms with Crippen LogP contribution in [-0.2, 0) is 5.41 Å². The van der Waals surface area contributed by atoms with Crippen molar-refractivity contribution in [2.45, 2.75) is 26.2 Å². The van der Waals surface area contributed by atoms with Gasteiger partial charge in [0.25, 0.3) is 0 Å². The van der Waals surface area contributed by atoms with Crippen LogP contribution >= 0.6 is 0 Å². The fourth-order valence-electron chi connectivity index (χ4n) is 3.20. The number of benzene rings is 2. The SMILES string of the molecule is Cc1ccc(N(C)/N=C/C2=[N+](C)c3ccccc3C2(C)C)cc1.[Cl-]. The standard InChI is InChI=1S/C20H24N3.ClH/c1-15-10-12-16(13-11-15)23(5)21-14-19-20(2,3)17-8-6-7-9-18(17)22(19)4;/h6-14H,1-5H3;1H/q+1;/p-1. The minimum atomic E-state index is -0.0387. The molecule has 3 rings (SSSR count). The molecule has 0 atom stereocenters. The Morgan fingerprint density at radius 3 is 2.29 bits per heavy atom. The molecule has 126 valence electrons. The van der Waals surface area contributed by atoms with Crippen LogP contribution in [-0.4, -0.2) is 30.6 Å². The average molecular weight is 342 g/mol. The molecule has 4 heteroatoms. The molecule has 0 N–H and O–H groups in total. The molecule has 2 aromatic carbocycles. The zero-order valence-corrected chi connectivity index (χ0v) is 15.7. The largest absolute Gasteiger partial charge is 1.00 e. The number of hydrogen-bond acceptors (Lipinski definition) is 2. The summed E-state index contributed by atoms with van der Waals surface area (Å²) in [4.78, 5) is 0. The third kappa shape index (κ3) is 3.09. The van der Waals surface area contributed by atoms with Crippen LogP contribution in [0.15, 0.2) is 53.6 Å². The molecule has 0 fully saturated rings. The Hall–Kier alpha value is -2.13. The third-order valence-corrected chi connectivity index (χ3v) is 4.70. The lowest BCUT2D eigenvalue weighted by Gasteiger charge is -2.16. The van der Waals surface area contributed by atoms with E-state index in [0.29, 0.717) is 0 Å². The Balaban J connectivity index is 0.00000208. The van der Waals surface area contributed by atoms with Gasteiger partial charge in [-0.3, -0.25) is 5.01 Å². The summed E-state index contributed by atoms with van der Waals surface area (Å²) in [5, 5.41) is 6.58. The van der Waals surface area contributed by atoms with Crippen molar-refractivity contribution < 1.29 is 17.0 Å². The van der Waals surface area contributed by atoms with Crippen LogP contribution in [0.2, 0.25) is 0 Å². The summed E-state index contributed by atoms with van der Waals surface area (Å²) in [6.45, 7) is 6.60. The molecule has 0 saturated carbocycles. The second-order valence-corrected chi connectivity index (χ2v) is 6.69. The fourth-order valence-corrected chi connectivity index (χ4v) is 3.20. The second-order valence-electron chi connectivity index (χ2n) is 6.69. The van der Waals surface area contributed by atoms with Crippen LogP contribution in [0.25, 0.3) is 0 Å². The van der Waals surface area contributed by atoms with Gasteiger partial charge in [-0.15, -0.1) is 0 Å². The molecule has 0 radical (unpaired) electrons. The van der Waals surface area contributed by atoms with Gasteiger partial charge < -0.3 is 12.4 Å². The molecule has 1 heterocycles. The molecular weight excluding hydrogens is 318 g/mol. The second kappa shape index (κ2) is 6.78. The highest BCUT2D eigenvalue weighted by Crippen LogP contribution is 2.38. The number of rotatable bonds is 3. The first-order valence-electron chi connectivity index (χ1n) is 7.96. The molecule has 0 unspecified atom stereocenters. The van der Waals surface area contributed by atoms with E-state index in [0.717, 1.165) is 5.69 Å². The highest BCUT2D eigenvalue weighted by atomic mass is 35.5. The van der Waals surface area contributed by atoms with Crippen LogP contribution in [0.4, 0.5) is 11.4 Å². The first-order chi connectivity index (χ1) is 10.9. The summed E-state index contributed by atoms with van der Waals surface area (Å²) in [7, 11) is 4.09. The molecule has 0 bridgehead atoms. The number of para-hydroxylation sites is 1. The van der Waals surface area contributed by atoms with Crippen molar-refractivity contribution in [3.05, 3.63) is 59.7 Å². The minimum absolute atomic E-state index is 0. The Morgan fingerprint density at radius 2 is 1.67 bits per heavy atom. The minimum Gasteiger partial charge on any atom is -1.00 e. The van der Waals surface area contributed by atoms with Crippen LogP contribution in [0.3, 0.4) is 0 Å². The van der Waals surface area contributed by atoms with Gasteiger partial charge in [0, 0.05) is 18.7 Å². The van der Waals surface area contributed by atoms with E-state index in [-0.39, 0.29) is 17.8 Å². The summed E-state index contributed by atoms with van der Waals surface area (Å²) in [6.07, 6.45) is 1.99. The molecule has 3 nitrogen and oxygen atoms in total. The van der Waals surface area contributed by atoms with E-state index in [1.54, 1.807) is 0 Å². The van der Waals surface area contributed by atoms with E-state index in [1.807, 2.05) is 18.3 Å². The number of fused-ring (bicyclic) bond motifs is 1. The predicted octanol–water partition coefficient (Wildman–Crippen LogP) is 1.13. The summed E-state index contributed by atoms with van der Waals surface area (Å²) in [5.74, 6) is 0. The van der Waals surface area contributed by atoms with E-state index in [9.17, 15) is 0 Å². The van der Waals surface area contributed by atoms with Crippen LogP contribution in [0.5, 0.6) is 0 Å². The van der Waals surface area contributed by atoms with Crippen molar-refractivity contribution in [3.63, 3.8) is 0 Å². The Labute approximate surface area is 150 Å². The number of halogens is 1. The Bertz CT molecular complexity index is 789. The fraction of sp³-hybridized carbons (Fsp3) is 0.300. The summed E-state index contributed by atoms with van der Waals surface area (Å²) < 4.78 is 2.24. The van der Waals surface area contributed by atoms with Crippen LogP contribution < -0.4 is 17.4 Å². The lowest BCUT2D eigenvalue weighted by Crippen LogP contribution is -3.00.